The molecule has 0 saturated carbocycles. The zero-order valence-corrected chi connectivity index (χ0v) is 6.18. The average molecular weight is 194 g/mol. The van der Waals surface area contributed by atoms with E-state index < -0.39 is 24.0 Å². The highest BCUT2D eigenvalue weighted by Gasteiger charge is 2.53. The fourth-order valence-electron chi connectivity index (χ4n) is 0.386. The zero-order chi connectivity index (χ0) is 9.28. The van der Waals surface area contributed by atoms with E-state index in [0.717, 1.165) is 0 Å². The topological polar surface area (TPSA) is 17.1 Å². The molecule has 7 heteroatoms. The molecule has 0 amide bonds. The van der Waals surface area contributed by atoms with Gasteiger partial charge in [0.1, 0.15) is 6.29 Å². The summed E-state index contributed by atoms with van der Waals surface area (Å²) in [5, 5.41) is 0. The molecule has 1 nitrogen and oxygen atoms in total. The molecule has 0 heterocycles. The Morgan fingerprint density at radius 3 is 1.55 bits per heavy atom. The van der Waals surface area contributed by atoms with Crippen LogP contribution in [0.4, 0.5) is 22.0 Å². The van der Waals surface area contributed by atoms with Crippen molar-refractivity contribution in [1.29, 1.82) is 0 Å². The molecule has 0 aromatic carbocycles. The molecule has 11 heavy (non-hydrogen) atoms. The predicted octanol–water partition coefficient (Wildman–Crippen LogP) is 1.83. The highest BCUT2D eigenvalue weighted by molar-refractivity contribution is 7.18. The van der Waals surface area contributed by atoms with Gasteiger partial charge in [0.15, 0.2) is 5.92 Å². The van der Waals surface area contributed by atoms with Crippen molar-refractivity contribution < 1.29 is 26.7 Å². The van der Waals surface area contributed by atoms with E-state index in [-0.39, 0.29) is 0 Å². The second-order valence-corrected chi connectivity index (χ2v) is 2.60. The number of hydrogen-bond donors (Lipinski definition) is 0. The Bertz CT molecular complexity index is 134. The lowest BCUT2D eigenvalue weighted by Crippen LogP contribution is -2.36. The number of aldehydes is 1. The quantitative estimate of drug-likeness (QED) is 0.372. The maximum Gasteiger partial charge on any atom is 0.404 e. The van der Waals surface area contributed by atoms with Crippen molar-refractivity contribution in [3.8, 4) is 0 Å². The predicted molar refractivity (Wildman–Crippen MR) is 30.3 cm³/mol. The van der Waals surface area contributed by atoms with Gasteiger partial charge in [-0.15, -0.1) is 0 Å². The normalized spacial score (nSPS) is 16.2. The first-order valence-electron chi connectivity index (χ1n) is 2.38. The molecule has 0 aromatic rings. The third-order valence-electron chi connectivity index (χ3n) is 0.903. The molecule has 0 N–H and O–H groups in total. The van der Waals surface area contributed by atoms with E-state index in [9.17, 15) is 26.7 Å². The van der Waals surface area contributed by atoms with Crippen molar-refractivity contribution in [3.05, 3.63) is 0 Å². The van der Waals surface area contributed by atoms with Gasteiger partial charge < -0.3 is 4.79 Å². The molecule has 2 atom stereocenters. The second-order valence-electron chi connectivity index (χ2n) is 1.83. The molecule has 0 aliphatic carbocycles. The number of carbonyl (C=O) groups is 1. The Balaban J connectivity index is 4.56. The van der Waals surface area contributed by atoms with Crippen LogP contribution in [0, 0.1) is 5.92 Å². The highest BCUT2D eigenvalue weighted by Crippen LogP contribution is 2.40. The van der Waals surface area contributed by atoms with Crippen molar-refractivity contribution in [2.45, 2.75) is 11.8 Å². The first-order valence-corrected chi connectivity index (χ1v) is 2.96. The summed E-state index contributed by atoms with van der Waals surface area (Å²) in [6, 6.07) is 0. The van der Waals surface area contributed by atoms with Crippen LogP contribution in [0.2, 0.25) is 0 Å². The average Bonchev–Trinajstić information content (AvgIpc) is 1.56. The molecule has 66 valence electrons. The Morgan fingerprint density at radius 1 is 1.18 bits per heavy atom. The lowest BCUT2D eigenvalue weighted by molar-refractivity contribution is -0.207. The van der Waals surface area contributed by atoms with Crippen LogP contribution in [0.15, 0.2) is 0 Å². The summed E-state index contributed by atoms with van der Waals surface area (Å²) in [5.41, 5.74) is -4.12. The minimum absolute atomic E-state index is 0.678. The minimum atomic E-state index is -5.19. The van der Waals surface area contributed by atoms with Gasteiger partial charge in [0.05, 0.1) is 0 Å². The Labute approximate surface area is 61.2 Å². The SMILES string of the molecule is O=CC(C(F)(F)F)C(F)(F)P. The van der Waals surface area contributed by atoms with Gasteiger partial charge in [0, 0.05) is 0 Å². The molecule has 2 unspecified atom stereocenters. The van der Waals surface area contributed by atoms with Gasteiger partial charge in [-0.05, 0) is 0 Å². The van der Waals surface area contributed by atoms with Crippen LogP contribution in [0.5, 0.6) is 0 Å². The summed E-state index contributed by atoms with van der Waals surface area (Å²) >= 11 is 0. The largest absolute Gasteiger partial charge is 0.404 e. The fraction of sp³-hybridized carbons (Fsp3) is 0.750. The van der Waals surface area contributed by atoms with Crippen molar-refractivity contribution in [1.82, 2.24) is 0 Å². The smallest absolute Gasteiger partial charge is 0.302 e. The third-order valence-corrected chi connectivity index (χ3v) is 1.26. The first kappa shape index (κ1) is 10.8. The van der Waals surface area contributed by atoms with Crippen LogP contribution in [-0.2, 0) is 4.79 Å². The Kier molecular flexibility index (Phi) is 2.94. The Hall–Kier alpha value is -0.250. The molecule has 0 saturated heterocycles. The van der Waals surface area contributed by atoms with Gasteiger partial charge in [0.25, 0.3) is 5.66 Å². The molecule has 0 aliphatic rings. The number of hydrogen-bond acceptors (Lipinski definition) is 1. The van der Waals surface area contributed by atoms with E-state index in [0.29, 0.717) is 9.24 Å². The van der Waals surface area contributed by atoms with E-state index in [4.69, 9.17) is 0 Å². The maximum atomic E-state index is 11.9. The molecule has 0 aliphatic heterocycles. The first-order chi connectivity index (χ1) is 4.69. The molecule has 0 aromatic heterocycles. The van der Waals surface area contributed by atoms with Crippen LogP contribution in [-0.4, -0.2) is 18.1 Å². The molecule has 0 spiro atoms. The van der Waals surface area contributed by atoms with Crippen molar-refractivity contribution in [3.63, 3.8) is 0 Å². The van der Waals surface area contributed by atoms with Gasteiger partial charge in [-0.25, -0.2) is 8.78 Å². The number of carbonyl (C=O) groups excluding carboxylic acids is 1. The molecule has 0 radical (unpaired) electrons. The second kappa shape index (κ2) is 3.01. The summed E-state index contributed by atoms with van der Waals surface area (Å²) in [4.78, 5) is 9.59. The summed E-state index contributed by atoms with van der Waals surface area (Å²) in [5.74, 6) is -3.24. The van der Waals surface area contributed by atoms with Crippen molar-refractivity contribution >= 4 is 15.5 Å². The number of alkyl halides is 5. The summed E-state index contributed by atoms with van der Waals surface area (Å²) in [6.07, 6.45) is -6.00. The molecule has 0 fully saturated rings. The fourth-order valence-corrected chi connectivity index (χ4v) is 0.654. The van der Waals surface area contributed by atoms with E-state index in [1.54, 1.807) is 0 Å². The summed E-state index contributed by atoms with van der Waals surface area (Å²) in [7, 11) is 0.678. The van der Waals surface area contributed by atoms with E-state index in [1.807, 2.05) is 0 Å². The number of rotatable bonds is 2. The molecular weight excluding hydrogens is 190 g/mol. The molecule has 0 bridgehead atoms. The van der Waals surface area contributed by atoms with E-state index in [2.05, 4.69) is 0 Å². The van der Waals surface area contributed by atoms with Gasteiger partial charge in [0.2, 0.25) is 0 Å². The van der Waals surface area contributed by atoms with Crippen LogP contribution in [0.3, 0.4) is 0 Å². The van der Waals surface area contributed by atoms with Crippen molar-refractivity contribution in [2.24, 2.45) is 5.92 Å². The lowest BCUT2D eigenvalue weighted by Gasteiger charge is -2.19. The van der Waals surface area contributed by atoms with Gasteiger partial charge in [-0.1, -0.05) is 9.24 Å². The van der Waals surface area contributed by atoms with E-state index >= 15 is 0 Å². The molecular formula is C4H4F5OP. The van der Waals surface area contributed by atoms with Gasteiger partial charge in [-0.3, -0.25) is 0 Å². The monoisotopic (exact) mass is 194 g/mol. The van der Waals surface area contributed by atoms with Crippen LogP contribution >= 0.6 is 9.24 Å². The minimum Gasteiger partial charge on any atom is -0.302 e. The van der Waals surface area contributed by atoms with Gasteiger partial charge in [-0.2, -0.15) is 13.2 Å². The van der Waals surface area contributed by atoms with Crippen molar-refractivity contribution in [2.75, 3.05) is 0 Å². The van der Waals surface area contributed by atoms with Crippen LogP contribution < -0.4 is 0 Å². The standard InChI is InChI=1S/C4H4F5OP/c5-3(6,7)2(1-10)4(8,9)11/h1-2H,11H2. The third kappa shape index (κ3) is 3.10. The highest BCUT2D eigenvalue weighted by atomic mass is 31.0. The number of halogens is 5. The van der Waals surface area contributed by atoms with Gasteiger partial charge >= 0.3 is 6.18 Å². The zero-order valence-electron chi connectivity index (χ0n) is 5.03. The Morgan fingerprint density at radius 2 is 1.55 bits per heavy atom. The summed E-state index contributed by atoms with van der Waals surface area (Å²) < 4.78 is 58.3. The van der Waals surface area contributed by atoms with E-state index in [1.165, 1.54) is 0 Å². The maximum absolute atomic E-state index is 11.9. The summed E-state index contributed by atoms with van der Waals surface area (Å²) in [6.45, 7) is 0. The van der Waals surface area contributed by atoms with Crippen LogP contribution in [0.1, 0.15) is 0 Å². The van der Waals surface area contributed by atoms with Crippen LogP contribution in [0.25, 0.3) is 0 Å². The lowest BCUT2D eigenvalue weighted by atomic mass is 10.2. The molecule has 0 rings (SSSR count).